The molecule has 0 bridgehead atoms. The molecule has 0 aliphatic carbocycles. The van der Waals surface area contributed by atoms with Crippen LogP contribution in [0.3, 0.4) is 0 Å². The molecule has 0 spiro atoms. The SMILES string of the molecule is OCC(O)COOCC(O)CO.OCCCCCCO. The van der Waals surface area contributed by atoms with Crippen LogP contribution in [-0.2, 0) is 9.78 Å². The van der Waals surface area contributed by atoms with Crippen LogP contribution in [0.25, 0.3) is 0 Å². The average Bonchev–Trinajstić information content (AvgIpc) is 2.48. The predicted molar refractivity (Wildman–Crippen MR) is 70.7 cm³/mol. The van der Waals surface area contributed by atoms with Gasteiger partial charge in [0, 0.05) is 13.2 Å². The highest BCUT2D eigenvalue weighted by Crippen LogP contribution is 1.96. The molecule has 0 aromatic rings. The fourth-order valence-corrected chi connectivity index (χ4v) is 0.936. The van der Waals surface area contributed by atoms with Crippen LogP contribution >= 0.6 is 0 Å². The zero-order valence-corrected chi connectivity index (χ0v) is 11.7. The number of rotatable bonds is 12. The van der Waals surface area contributed by atoms with Gasteiger partial charge in [-0.05, 0) is 12.8 Å². The van der Waals surface area contributed by atoms with Gasteiger partial charge in [-0.2, -0.15) is 0 Å². The van der Waals surface area contributed by atoms with Gasteiger partial charge in [-0.3, -0.25) is 0 Å². The fourth-order valence-electron chi connectivity index (χ4n) is 0.936. The Balaban J connectivity index is 0. The molecule has 0 aliphatic heterocycles. The van der Waals surface area contributed by atoms with E-state index in [0.29, 0.717) is 0 Å². The van der Waals surface area contributed by atoms with Crippen molar-refractivity contribution in [2.75, 3.05) is 39.6 Å². The van der Waals surface area contributed by atoms with Crippen molar-refractivity contribution in [3.8, 4) is 0 Å². The molecule has 124 valence electrons. The Morgan fingerprint density at radius 2 is 0.950 bits per heavy atom. The summed E-state index contributed by atoms with van der Waals surface area (Å²) < 4.78 is 0. The number of hydrogen-bond donors (Lipinski definition) is 6. The van der Waals surface area contributed by atoms with Crippen LogP contribution in [0, 0.1) is 0 Å². The third-order valence-corrected chi connectivity index (χ3v) is 2.09. The number of unbranched alkanes of at least 4 members (excludes halogenated alkanes) is 3. The molecule has 0 rings (SSSR count). The van der Waals surface area contributed by atoms with Crippen molar-refractivity contribution in [3.63, 3.8) is 0 Å². The minimum Gasteiger partial charge on any atom is -0.396 e. The maximum Gasteiger partial charge on any atom is 0.110 e. The van der Waals surface area contributed by atoms with E-state index >= 15 is 0 Å². The molecule has 8 heteroatoms. The lowest BCUT2D eigenvalue weighted by atomic mass is 10.2. The lowest BCUT2D eigenvalue weighted by Gasteiger charge is -2.09. The topological polar surface area (TPSA) is 140 Å². The van der Waals surface area contributed by atoms with Gasteiger partial charge < -0.3 is 30.6 Å². The van der Waals surface area contributed by atoms with E-state index in [1.54, 1.807) is 0 Å². The second-order valence-electron chi connectivity index (χ2n) is 4.10. The first-order chi connectivity index (χ1) is 9.62. The lowest BCUT2D eigenvalue weighted by Crippen LogP contribution is -2.23. The van der Waals surface area contributed by atoms with Crippen LogP contribution in [0.1, 0.15) is 25.7 Å². The summed E-state index contributed by atoms with van der Waals surface area (Å²) in [7, 11) is 0. The van der Waals surface area contributed by atoms with Crippen molar-refractivity contribution in [2.24, 2.45) is 0 Å². The summed E-state index contributed by atoms with van der Waals surface area (Å²) in [5, 5.41) is 50.7. The summed E-state index contributed by atoms with van der Waals surface area (Å²) in [6.45, 7) is -0.599. The predicted octanol–water partition coefficient (Wildman–Crippen LogP) is -1.83. The molecule has 0 saturated carbocycles. The molecule has 0 radical (unpaired) electrons. The van der Waals surface area contributed by atoms with Crippen molar-refractivity contribution in [1.29, 1.82) is 0 Å². The Kier molecular flexibility index (Phi) is 20.5. The van der Waals surface area contributed by atoms with Crippen LogP contribution in [0.2, 0.25) is 0 Å². The maximum absolute atomic E-state index is 8.71. The van der Waals surface area contributed by atoms with Crippen molar-refractivity contribution in [1.82, 2.24) is 0 Å². The van der Waals surface area contributed by atoms with Gasteiger partial charge in [-0.25, -0.2) is 9.78 Å². The molecule has 2 unspecified atom stereocenters. The van der Waals surface area contributed by atoms with E-state index in [1.165, 1.54) is 0 Å². The van der Waals surface area contributed by atoms with Crippen LogP contribution in [-0.4, -0.2) is 82.5 Å². The zero-order chi connectivity index (χ0) is 15.6. The zero-order valence-electron chi connectivity index (χ0n) is 11.7. The quantitative estimate of drug-likeness (QED) is 0.140. The minimum absolute atomic E-state index is 0.172. The van der Waals surface area contributed by atoms with E-state index in [-0.39, 0.29) is 26.4 Å². The van der Waals surface area contributed by atoms with Gasteiger partial charge in [0.25, 0.3) is 0 Å². The molecule has 0 saturated heterocycles. The normalized spacial score (nSPS) is 13.5. The van der Waals surface area contributed by atoms with Crippen molar-refractivity contribution >= 4 is 0 Å². The van der Waals surface area contributed by atoms with Gasteiger partial charge in [0.15, 0.2) is 0 Å². The highest BCUT2D eigenvalue weighted by atomic mass is 17.2. The third kappa shape index (κ3) is 20.0. The molecule has 6 N–H and O–H groups in total. The van der Waals surface area contributed by atoms with Crippen molar-refractivity contribution < 1.29 is 40.4 Å². The fraction of sp³-hybridized carbons (Fsp3) is 1.00. The molecule has 0 amide bonds. The highest BCUT2D eigenvalue weighted by molar-refractivity contribution is 4.48. The average molecular weight is 300 g/mol. The van der Waals surface area contributed by atoms with Crippen LogP contribution in [0.15, 0.2) is 0 Å². The van der Waals surface area contributed by atoms with Crippen LogP contribution in [0.5, 0.6) is 0 Å². The molecular formula is C12H28O8. The summed E-state index contributed by atoms with van der Waals surface area (Å²) in [5.74, 6) is 0. The Bertz CT molecular complexity index is 152. The Morgan fingerprint density at radius 3 is 1.20 bits per heavy atom. The van der Waals surface area contributed by atoms with Crippen molar-refractivity contribution in [2.45, 2.75) is 37.9 Å². The summed E-state index contributed by atoms with van der Waals surface area (Å²) in [5.41, 5.74) is 0. The van der Waals surface area contributed by atoms with Gasteiger partial charge in [0.05, 0.1) is 13.2 Å². The minimum atomic E-state index is -0.990. The first-order valence-electron chi connectivity index (χ1n) is 6.66. The van der Waals surface area contributed by atoms with E-state index in [0.717, 1.165) is 25.7 Å². The molecule has 8 nitrogen and oxygen atoms in total. The van der Waals surface area contributed by atoms with Gasteiger partial charge in [-0.1, -0.05) is 12.8 Å². The maximum atomic E-state index is 8.71. The molecule has 0 fully saturated rings. The molecule has 0 heterocycles. The molecule has 0 aromatic carbocycles. The van der Waals surface area contributed by atoms with E-state index in [1.807, 2.05) is 0 Å². The molecule has 2 atom stereocenters. The second-order valence-corrected chi connectivity index (χ2v) is 4.10. The smallest absolute Gasteiger partial charge is 0.110 e. The standard InChI is InChI=1S/C6H14O6.C6H14O2/c7-1-5(9)3-11-12-4-6(10)2-8;7-5-3-1-2-4-6-8/h5-10H,1-4H2;7-8H,1-6H2. The summed E-state index contributed by atoms with van der Waals surface area (Å²) >= 11 is 0. The Hall–Kier alpha value is -0.320. The number of hydrogen-bond acceptors (Lipinski definition) is 8. The summed E-state index contributed by atoms with van der Waals surface area (Å²) in [6.07, 6.45) is 1.85. The Labute approximate surface area is 119 Å². The van der Waals surface area contributed by atoms with E-state index in [2.05, 4.69) is 9.78 Å². The first kappa shape index (κ1) is 22.0. The Morgan fingerprint density at radius 1 is 0.600 bits per heavy atom. The number of aliphatic hydroxyl groups excluding tert-OH is 6. The summed E-state index contributed by atoms with van der Waals surface area (Å²) in [4.78, 5) is 8.76. The van der Waals surface area contributed by atoms with Gasteiger partial charge >= 0.3 is 0 Å². The summed E-state index contributed by atoms with van der Waals surface area (Å²) in [6, 6.07) is 0. The largest absolute Gasteiger partial charge is 0.396 e. The molecule has 0 aliphatic rings. The van der Waals surface area contributed by atoms with Crippen LogP contribution in [0.4, 0.5) is 0 Å². The van der Waals surface area contributed by atoms with Gasteiger partial charge in [0.1, 0.15) is 25.4 Å². The van der Waals surface area contributed by atoms with E-state index in [4.69, 9.17) is 30.6 Å². The second kappa shape index (κ2) is 18.7. The molecular weight excluding hydrogens is 272 g/mol. The monoisotopic (exact) mass is 300 g/mol. The highest BCUT2D eigenvalue weighted by Gasteiger charge is 2.04. The molecule has 0 aromatic heterocycles. The van der Waals surface area contributed by atoms with Gasteiger partial charge in [0.2, 0.25) is 0 Å². The molecule has 20 heavy (non-hydrogen) atoms. The first-order valence-corrected chi connectivity index (χ1v) is 6.66. The van der Waals surface area contributed by atoms with E-state index < -0.39 is 25.4 Å². The lowest BCUT2D eigenvalue weighted by molar-refractivity contribution is -0.316. The third-order valence-electron chi connectivity index (χ3n) is 2.09. The van der Waals surface area contributed by atoms with Crippen LogP contribution < -0.4 is 0 Å². The number of aliphatic hydroxyl groups is 6. The van der Waals surface area contributed by atoms with Gasteiger partial charge in [-0.15, -0.1) is 0 Å². The van der Waals surface area contributed by atoms with Crippen molar-refractivity contribution in [3.05, 3.63) is 0 Å². The van der Waals surface area contributed by atoms with E-state index in [9.17, 15) is 0 Å².